The van der Waals surface area contributed by atoms with E-state index >= 15 is 0 Å². The molecule has 25 heavy (non-hydrogen) atoms. The van der Waals surface area contributed by atoms with E-state index in [1.165, 1.54) is 6.20 Å². The third-order valence-electron chi connectivity index (χ3n) is 3.42. The van der Waals surface area contributed by atoms with E-state index in [1.54, 1.807) is 12.1 Å². The quantitative estimate of drug-likeness (QED) is 0.637. The molecule has 1 aromatic carbocycles. The number of anilines is 1. The molecule has 3 N–H and O–H groups in total. The van der Waals surface area contributed by atoms with Crippen LogP contribution in [0, 0.1) is 13.8 Å². The summed E-state index contributed by atoms with van der Waals surface area (Å²) in [6.45, 7) is 2.62. The van der Waals surface area contributed by atoms with Crippen molar-refractivity contribution >= 4 is 11.6 Å². The zero-order valence-electron chi connectivity index (χ0n) is 13.9. The first-order valence-electron chi connectivity index (χ1n) is 7.52. The van der Waals surface area contributed by atoms with Crippen LogP contribution in [0.25, 0.3) is 0 Å². The van der Waals surface area contributed by atoms with Crippen LogP contribution in [0.1, 0.15) is 16.7 Å². The van der Waals surface area contributed by atoms with Crippen LogP contribution >= 0.6 is 0 Å². The Hall–Kier alpha value is -2.77. The largest absolute Gasteiger partial charge is 0.468 e. The number of nitrogens with zero attached hydrogens (tertiary/aromatic N) is 2. The molecule has 0 saturated carbocycles. The highest BCUT2D eigenvalue weighted by atomic mass is 19.4. The van der Waals surface area contributed by atoms with Gasteiger partial charge in [0.2, 0.25) is 5.88 Å². The number of hydrogen-bond donors (Lipinski definition) is 2. The average Bonchev–Trinajstić information content (AvgIpc) is 2.54. The molecule has 0 radical (unpaired) electrons. The van der Waals surface area contributed by atoms with E-state index in [2.05, 4.69) is 15.3 Å². The maximum absolute atomic E-state index is 12.3. The van der Waals surface area contributed by atoms with Crippen LogP contribution in [0.5, 0.6) is 5.88 Å². The van der Waals surface area contributed by atoms with Crippen molar-refractivity contribution < 1.29 is 17.9 Å². The van der Waals surface area contributed by atoms with E-state index in [0.717, 1.165) is 16.8 Å². The first-order valence-corrected chi connectivity index (χ1v) is 7.52. The van der Waals surface area contributed by atoms with Gasteiger partial charge in [0.1, 0.15) is 0 Å². The summed E-state index contributed by atoms with van der Waals surface area (Å²) >= 11 is 0. The first-order chi connectivity index (χ1) is 11.7. The van der Waals surface area contributed by atoms with E-state index in [-0.39, 0.29) is 18.4 Å². The van der Waals surface area contributed by atoms with Gasteiger partial charge >= 0.3 is 6.18 Å². The lowest BCUT2D eigenvalue weighted by Gasteiger charge is -2.11. The summed E-state index contributed by atoms with van der Waals surface area (Å²) in [5.41, 5.74) is 9.29. The number of nitrogens with two attached hydrogens (primary N) is 1. The number of hydrogen-bond acceptors (Lipinski definition) is 3. The summed E-state index contributed by atoms with van der Waals surface area (Å²) in [4.78, 5) is 7.94. The van der Waals surface area contributed by atoms with Crippen LogP contribution in [0.15, 0.2) is 41.5 Å². The predicted octanol–water partition coefficient (Wildman–Crippen LogP) is 3.57. The number of rotatable bonds is 5. The number of aromatic nitrogens is 1. The molecule has 0 spiro atoms. The van der Waals surface area contributed by atoms with E-state index in [4.69, 9.17) is 10.5 Å². The number of halogens is 3. The number of nitrogens with one attached hydrogen (secondary N) is 1. The SMILES string of the molecule is Cc1ccc(NC(N)=NCc2cccnc2OCC(F)(F)F)cc1C. The van der Waals surface area contributed by atoms with Crippen LogP contribution in [0.2, 0.25) is 0 Å². The summed E-state index contributed by atoms with van der Waals surface area (Å²) in [5, 5.41) is 2.94. The Morgan fingerprint density at radius 1 is 1.24 bits per heavy atom. The second-order valence-corrected chi connectivity index (χ2v) is 5.50. The molecule has 0 aliphatic rings. The number of ether oxygens (including phenoxy) is 1. The molecule has 0 fully saturated rings. The highest BCUT2D eigenvalue weighted by molar-refractivity contribution is 5.92. The third kappa shape index (κ3) is 5.98. The fraction of sp³-hybridized carbons (Fsp3) is 0.294. The zero-order valence-corrected chi connectivity index (χ0v) is 13.9. The smallest absolute Gasteiger partial charge is 0.422 e. The average molecular weight is 352 g/mol. The maximum Gasteiger partial charge on any atom is 0.422 e. The van der Waals surface area contributed by atoms with Gasteiger partial charge in [0.15, 0.2) is 12.6 Å². The van der Waals surface area contributed by atoms with E-state index in [9.17, 15) is 13.2 Å². The first kappa shape index (κ1) is 18.6. The topological polar surface area (TPSA) is 72.5 Å². The summed E-state index contributed by atoms with van der Waals surface area (Å²) < 4.78 is 41.6. The Labute approximate surface area is 143 Å². The van der Waals surface area contributed by atoms with Crippen LogP contribution in [0.3, 0.4) is 0 Å². The van der Waals surface area contributed by atoms with Crippen molar-refractivity contribution in [1.82, 2.24) is 4.98 Å². The van der Waals surface area contributed by atoms with Crippen LogP contribution in [-0.2, 0) is 6.54 Å². The molecule has 0 unspecified atom stereocenters. The molecule has 2 rings (SSSR count). The van der Waals surface area contributed by atoms with Gasteiger partial charge in [-0.25, -0.2) is 9.98 Å². The summed E-state index contributed by atoms with van der Waals surface area (Å²) in [7, 11) is 0. The van der Waals surface area contributed by atoms with Crippen molar-refractivity contribution in [2.45, 2.75) is 26.6 Å². The fourth-order valence-electron chi connectivity index (χ4n) is 2.00. The van der Waals surface area contributed by atoms with Crippen molar-refractivity contribution in [3.8, 4) is 5.88 Å². The van der Waals surface area contributed by atoms with Gasteiger partial charge in [0.05, 0.1) is 6.54 Å². The predicted molar refractivity (Wildman–Crippen MR) is 90.7 cm³/mol. The second kappa shape index (κ2) is 7.87. The molecule has 1 heterocycles. The number of pyridine rings is 1. The number of benzene rings is 1. The maximum atomic E-state index is 12.3. The normalized spacial score (nSPS) is 12.1. The molecule has 0 aliphatic heterocycles. The molecule has 8 heteroatoms. The highest BCUT2D eigenvalue weighted by Crippen LogP contribution is 2.20. The van der Waals surface area contributed by atoms with Crippen molar-refractivity contribution in [1.29, 1.82) is 0 Å². The summed E-state index contributed by atoms with van der Waals surface area (Å²) in [6.07, 6.45) is -3.07. The molecular formula is C17H19F3N4O. The lowest BCUT2D eigenvalue weighted by atomic mass is 10.1. The minimum atomic E-state index is -4.43. The Balaban J connectivity index is 2.03. The van der Waals surface area contributed by atoms with Crippen molar-refractivity contribution in [2.75, 3.05) is 11.9 Å². The molecule has 0 atom stereocenters. The molecule has 134 valence electrons. The number of aryl methyl sites for hydroxylation is 2. The minimum Gasteiger partial charge on any atom is -0.468 e. The van der Waals surface area contributed by atoms with Crippen LogP contribution in [-0.4, -0.2) is 23.7 Å². The fourth-order valence-corrected chi connectivity index (χ4v) is 2.00. The number of alkyl halides is 3. The second-order valence-electron chi connectivity index (χ2n) is 5.50. The van der Waals surface area contributed by atoms with Gasteiger partial charge in [0.25, 0.3) is 0 Å². The van der Waals surface area contributed by atoms with Crippen molar-refractivity contribution in [3.05, 3.63) is 53.2 Å². The summed E-state index contributed by atoms with van der Waals surface area (Å²) in [6, 6.07) is 8.94. The molecule has 0 bridgehead atoms. The molecule has 2 aromatic rings. The number of aliphatic imine (C=N–C) groups is 1. The van der Waals surface area contributed by atoms with Gasteiger partial charge in [0, 0.05) is 17.4 Å². The third-order valence-corrected chi connectivity index (χ3v) is 3.42. The van der Waals surface area contributed by atoms with E-state index < -0.39 is 12.8 Å². The van der Waals surface area contributed by atoms with Gasteiger partial charge in [-0.2, -0.15) is 13.2 Å². The van der Waals surface area contributed by atoms with Crippen LogP contribution in [0.4, 0.5) is 18.9 Å². The van der Waals surface area contributed by atoms with Gasteiger partial charge in [-0.15, -0.1) is 0 Å². The molecule has 0 amide bonds. The Kier molecular flexibility index (Phi) is 5.84. The van der Waals surface area contributed by atoms with E-state index in [1.807, 2.05) is 32.0 Å². The standard InChI is InChI=1S/C17H19F3N4O/c1-11-5-6-14(8-12(11)2)24-16(21)23-9-13-4-3-7-22-15(13)25-10-17(18,19)20/h3-8H,9-10H2,1-2H3,(H3,21,23,24). The number of guanidine groups is 1. The zero-order chi connectivity index (χ0) is 18.4. The van der Waals surface area contributed by atoms with Gasteiger partial charge in [-0.3, -0.25) is 0 Å². The summed E-state index contributed by atoms with van der Waals surface area (Å²) in [5.74, 6) is 0.0384. The molecule has 5 nitrogen and oxygen atoms in total. The molecular weight excluding hydrogens is 333 g/mol. The highest BCUT2D eigenvalue weighted by Gasteiger charge is 2.29. The Morgan fingerprint density at radius 2 is 2.00 bits per heavy atom. The Morgan fingerprint density at radius 3 is 2.68 bits per heavy atom. The van der Waals surface area contributed by atoms with Gasteiger partial charge in [-0.1, -0.05) is 12.1 Å². The van der Waals surface area contributed by atoms with Crippen molar-refractivity contribution in [3.63, 3.8) is 0 Å². The van der Waals surface area contributed by atoms with Crippen LogP contribution < -0.4 is 15.8 Å². The lowest BCUT2D eigenvalue weighted by molar-refractivity contribution is -0.154. The van der Waals surface area contributed by atoms with Crippen molar-refractivity contribution in [2.24, 2.45) is 10.7 Å². The van der Waals surface area contributed by atoms with Gasteiger partial charge < -0.3 is 15.8 Å². The van der Waals surface area contributed by atoms with Gasteiger partial charge in [-0.05, 0) is 43.2 Å². The molecule has 1 aromatic heterocycles. The minimum absolute atomic E-state index is 0.0463. The van der Waals surface area contributed by atoms with E-state index in [0.29, 0.717) is 5.56 Å². The Bertz CT molecular complexity index is 760. The monoisotopic (exact) mass is 352 g/mol. The molecule has 0 aliphatic carbocycles. The lowest BCUT2D eigenvalue weighted by Crippen LogP contribution is -2.23. The molecule has 0 saturated heterocycles.